The Morgan fingerprint density at radius 2 is 1.41 bits per heavy atom. The Hall–Kier alpha value is -3.52. The summed E-state index contributed by atoms with van der Waals surface area (Å²) in [6, 6.07) is 21.6. The van der Waals surface area contributed by atoms with Crippen molar-refractivity contribution >= 4 is 16.1 Å². The third-order valence-corrected chi connectivity index (χ3v) is 5.20. The number of carbonyl (C=O) groups excluding carboxylic acids is 1. The normalized spacial score (nSPS) is 10.8. The van der Waals surface area contributed by atoms with E-state index in [2.05, 4.69) is 0 Å². The molecule has 0 aliphatic rings. The van der Waals surface area contributed by atoms with Gasteiger partial charge in [0.05, 0.1) is 12.0 Å². The van der Waals surface area contributed by atoms with Gasteiger partial charge >= 0.3 is 6.09 Å². The maximum absolute atomic E-state index is 12.2. The summed E-state index contributed by atoms with van der Waals surface area (Å²) in [6.45, 7) is 0.404. The van der Waals surface area contributed by atoms with Gasteiger partial charge in [-0.15, -0.1) is 0 Å². The lowest BCUT2D eigenvalue weighted by molar-refractivity contribution is 0.206. The highest BCUT2D eigenvalue weighted by Gasteiger charge is 2.19. The van der Waals surface area contributed by atoms with Crippen molar-refractivity contribution in [3.05, 3.63) is 84.4 Å². The van der Waals surface area contributed by atoms with E-state index in [1.807, 2.05) is 35.1 Å². The van der Waals surface area contributed by atoms with Crippen molar-refractivity contribution in [1.29, 1.82) is 0 Å². The van der Waals surface area contributed by atoms with Gasteiger partial charge in [0.25, 0.3) is 10.0 Å². The van der Waals surface area contributed by atoms with Crippen LogP contribution in [-0.2, 0) is 16.6 Å². The fourth-order valence-electron chi connectivity index (χ4n) is 2.40. The molecule has 1 N–H and O–H groups in total. The molecule has 0 saturated carbocycles. The zero-order valence-electron chi connectivity index (χ0n) is 15.6. The molecule has 150 valence electrons. The number of methoxy groups -OCH3 is 1. The van der Waals surface area contributed by atoms with Crippen LogP contribution in [0.3, 0.4) is 0 Å². The first-order chi connectivity index (χ1) is 14.0. The SMILES string of the molecule is COc1ccc(S(=O)(=O)NC(=O)Oc2ccc(OCc3ccccc3)cc2)cc1. The van der Waals surface area contributed by atoms with Gasteiger partial charge in [0.15, 0.2) is 0 Å². The van der Waals surface area contributed by atoms with Gasteiger partial charge in [-0.2, -0.15) is 0 Å². The minimum Gasteiger partial charge on any atom is -0.497 e. The second-order valence-corrected chi connectivity index (χ2v) is 7.60. The highest BCUT2D eigenvalue weighted by molar-refractivity contribution is 7.90. The lowest BCUT2D eigenvalue weighted by atomic mass is 10.2. The van der Waals surface area contributed by atoms with Crippen molar-refractivity contribution < 1.29 is 27.4 Å². The molecule has 3 aromatic carbocycles. The van der Waals surface area contributed by atoms with E-state index in [1.54, 1.807) is 12.1 Å². The Morgan fingerprint density at radius 1 is 0.828 bits per heavy atom. The quantitative estimate of drug-likeness (QED) is 0.634. The minimum atomic E-state index is -4.06. The summed E-state index contributed by atoms with van der Waals surface area (Å²) in [5, 5.41) is 0. The molecule has 3 aromatic rings. The molecule has 0 heterocycles. The van der Waals surface area contributed by atoms with Gasteiger partial charge < -0.3 is 14.2 Å². The summed E-state index contributed by atoms with van der Waals surface area (Å²) in [5.41, 5.74) is 1.02. The molecule has 8 heteroatoms. The van der Waals surface area contributed by atoms with Crippen molar-refractivity contribution in [3.8, 4) is 17.2 Å². The second-order valence-electron chi connectivity index (χ2n) is 5.92. The van der Waals surface area contributed by atoms with E-state index in [0.29, 0.717) is 18.1 Å². The predicted molar refractivity (Wildman–Crippen MR) is 107 cm³/mol. The number of ether oxygens (including phenoxy) is 3. The van der Waals surface area contributed by atoms with Crippen LogP contribution < -0.4 is 18.9 Å². The molecule has 0 aromatic heterocycles. The Balaban J connectivity index is 1.55. The fraction of sp³-hybridized carbons (Fsp3) is 0.0952. The number of benzene rings is 3. The second kappa shape index (κ2) is 9.11. The van der Waals surface area contributed by atoms with E-state index in [4.69, 9.17) is 14.2 Å². The summed E-state index contributed by atoms with van der Waals surface area (Å²) in [6.07, 6.45) is -1.11. The molecule has 0 bridgehead atoms. The maximum atomic E-state index is 12.2. The molecular formula is C21H19NO6S. The summed E-state index contributed by atoms with van der Waals surface area (Å²) in [7, 11) is -2.59. The lowest BCUT2D eigenvalue weighted by Gasteiger charge is -2.09. The van der Waals surface area contributed by atoms with Crippen LogP contribution >= 0.6 is 0 Å². The fourth-order valence-corrected chi connectivity index (χ4v) is 3.27. The average molecular weight is 413 g/mol. The molecule has 3 rings (SSSR count). The summed E-state index contributed by atoms with van der Waals surface area (Å²) in [4.78, 5) is 11.9. The first-order valence-corrected chi connectivity index (χ1v) is 10.1. The Kier molecular flexibility index (Phi) is 6.36. The van der Waals surface area contributed by atoms with E-state index in [1.165, 1.54) is 43.5 Å². The van der Waals surface area contributed by atoms with E-state index < -0.39 is 16.1 Å². The minimum absolute atomic E-state index is 0.0834. The summed E-state index contributed by atoms with van der Waals surface area (Å²) < 4.78 is 42.0. The molecular weight excluding hydrogens is 394 g/mol. The van der Waals surface area contributed by atoms with E-state index >= 15 is 0 Å². The molecule has 0 radical (unpaired) electrons. The van der Waals surface area contributed by atoms with Gasteiger partial charge in [0.2, 0.25) is 0 Å². The number of rotatable bonds is 7. The molecule has 29 heavy (non-hydrogen) atoms. The zero-order chi connectivity index (χ0) is 20.7. The van der Waals surface area contributed by atoms with Crippen LogP contribution in [0, 0.1) is 0 Å². The van der Waals surface area contributed by atoms with Crippen molar-refractivity contribution in [2.75, 3.05) is 7.11 Å². The molecule has 0 spiro atoms. The Bertz CT molecular complexity index is 1050. The first-order valence-electron chi connectivity index (χ1n) is 8.62. The van der Waals surface area contributed by atoms with E-state index in [0.717, 1.165) is 5.56 Å². The number of sulfonamides is 1. The van der Waals surface area contributed by atoms with Crippen LogP contribution in [-0.4, -0.2) is 21.6 Å². The van der Waals surface area contributed by atoms with Crippen molar-refractivity contribution in [3.63, 3.8) is 0 Å². The molecule has 0 aliphatic carbocycles. The number of hydrogen-bond donors (Lipinski definition) is 1. The molecule has 1 amide bonds. The number of hydrogen-bond acceptors (Lipinski definition) is 6. The predicted octanol–water partition coefficient (Wildman–Crippen LogP) is 3.75. The highest BCUT2D eigenvalue weighted by atomic mass is 32.2. The van der Waals surface area contributed by atoms with E-state index in [-0.39, 0.29) is 10.6 Å². The molecule has 0 saturated heterocycles. The third-order valence-electron chi connectivity index (χ3n) is 3.87. The zero-order valence-corrected chi connectivity index (χ0v) is 16.4. The molecule has 0 unspecified atom stereocenters. The third kappa shape index (κ3) is 5.73. The van der Waals surface area contributed by atoms with Gasteiger partial charge in [0.1, 0.15) is 23.9 Å². The van der Waals surface area contributed by atoms with Crippen molar-refractivity contribution in [2.24, 2.45) is 0 Å². The highest BCUT2D eigenvalue weighted by Crippen LogP contribution is 2.19. The largest absolute Gasteiger partial charge is 0.497 e. The van der Waals surface area contributed by atoms with Crippen LogP contribution in [0.15, 0.2) is 83.8 Å². The number of amides is 1. The average Bonchev–Trinajstić information content (AvgIpc) is 2.73. The Morgan fingerprint density at radius 3 is 2.03 bits per heavy atom. The monoisotopic (exact) mass is 413 g/mol. The Labute approximate surface area is 168 Å². The number of carbonyl (C=O) groups is 1. The summed E-state index contributed by atoms with van der Waals surface area (Å²) in [5.74, 6) is 1.27. The van der Waals surface area contributed by atoms with Gasteiger partial charge in [-0.1, -0.05) is 30.3 Å². The topological polar surface area (TPSA) is 90.9 Å². The van der Waals surface area contributed by atoms with Crippen molar-refractivity contribution in [2.45, 2.75) is 11.5 Å². The van der Waals surface area contributed by atoms with Crippen LogP contribution in [0.25, 0.3) is 0 Å². The molecule has 0 fully saturated rings. The van der Waals surface area contributed by atoms with Gasteiger partial charge in [-0.25, -0.2) is 17.9 Å². The van der Waals surface area contributed by atoms with Crippen LogP contribution in [0.4, 0.5) is 4.79 Å². The van der Waals surface area contributed by atoms with Gasteiger partial charge in [-0.05, 0) is 54.1 Å². The van der Waals surface area contributed by atoms with Crippen molar-refractivity contribution in [1.82, 2.24) is 4.72 Å². The first kappa shape index (κ1) is 20.2. The molecule has 0 atom stereocenters. The van der Waals surface area contributed by atoms with E-state index in [9.17, 15) is 13.2 Å². The lowest BCUT2D eigenvalue weighted by Crippen LogP contribution is -2.33. The van der Waals surface area contributed by atoms with Crippen LogP contribution in [0.5, 0.6) is 17.2 Å². The standard InChI is InChI=1S/C21H19NO6S/c1-26-17-11-13-20(14-12-17)29(24,25)22-21(23)28-19-9-7-18(8-10-19)27-15-16-5-3-2-4-6-16/h2-14H,15H2,1H3,(H,22,23). The van der Waals surface area contributed by atoms with Crippen LogP contribution in [0.2, 0.25) is 0 Å². The van der Waals surface area contributed by atoms with Crippen LogP contribution in [0.1, 0.15) is 5.56 Å². The number of nitrogens with one attached hydrogen (secondary N) is 1. The van der Waals surface area contributed by atoms with Gasteiger partial charge in [0, 0.05) is 0 Å². The smallest absolute Gasteiger partial charge is 0.426 e. The summed E-state index contributed by atoms with van der Waals surface area (Å²) >= 11 is 0. The maximum Gasteiger partial charge on any atom is 0.426 e. The van der Waals surface area contributed by atoms with Gasteiger partial charge in [-0.3, -0.25) is 0 Å². The molecule has 0 aliphatic heterocycles. The molecule has 7 nitrogen and oxygen atoms in total.